The molecule has 220 valence electrons. The van der Waals surface area contributed by atoms with Crippen molar-refractivity contribution >= 4 is 52.5 Å². The molecular weight excluding hydrogens is 588 g/mol. The maximum atomic E-state index is 15.3. The van der Waals surface area contributed by atoms with Crippen molar-refractivity contribution in [1.29, 1.82) is 0 Å². The number of rotatable bonds is 8. The summed E-state index contributed by atoms with van der Waals surface area (Å²) >= 11 is 5.14. The lowest BCUT2D eigenvalue weighted by molar-refractivity contribution is -0.0493. The smallest absolute Gasteiger partial charge is 0.325 e. The molecule has 0 saturated carbocycles. The van der Waals surface area contributed by atoms with E-state index in [0.29, 0.717) is 16.9 Å². The van der Waals surface area contributed by atoms with Gasteiger partial charge in [-0.3, -0.25) is 18.9 Å². The Morgan fingerprint density at radius 1 is 1.24 bits per heavy atom. The fraction of sp³-hybridized carbons (Fsp3) is 0.476. The summed E-state index contributed by atoms with van der Waals surface area (Å²) < 4.78 is 40.5. The minimum absolute atomic E-state index is 0.0408. The van der Waals surface area contributed by atoms with E-state index in [1.54, 1.807) is 16.8 Å². The fourth-order valence-corrected chi connectivity index (χ4v) is 6.38. The van der Waals surface area contributed by atoms with Crippen LogP contribution >= 0.6 is 6.72 Å². The molecule has 2 unspecified atom stereocenters. The first-order valence-corrected chi connectivity index (χ1v) is 14.8. The number of H-pyrrole nitrogens is 1. The van der Waals surface area contributed by atoms with Gasteiger partial charge in [-0.25, -0.2) is 19.3 Å². The van der Waals surface area contributed by atoms with Crippen molar-refractivity contribution in [2.75, 3.05) is 31.3 Å². The van der Waals surface area contributed by atoms with Crippen molar-refractivity contribution in [1.82, 2.24) is 34.1 Å². The summed E-state index contributed by atoms with van der Waals surface area (Å²) in [5.74, 6) is 0.0711. The Morgan fingerprint density at radius 2 is 2.05 bits per heavy atom. The van der Waals surface area contributed by atoms with Crippen molar-refractivity contribution in [3.05, 3.63) is 35.3 Å². The van der Waals surface area contributed by atoms with E-state index in [1.165, 1.54) is 10.9 Å². The third-order valence-electron chi connectivity index (χ3n) is 6.98. The SMILES string of the molecule is Nc1nc2c(ncn2[C@@H]2O[C@H](CO)[C@@H](F)[C@H]2OP(O)(=S)OC[C@H]2OCC(n3ccc4c(N)ncnc43)[C@@H]2O)c(=O)[nH]1. The fourth-order valence-electron chi connectivity index (χ4n) is 4.98. The lowest BCUT2D eigenvalue weighted by atomic mass is 10.1. The minimum atomic E-state index is -4.19. The molecular formula is C21H25FN9O8PS. The van der Waals surface area contributed by atoms with Crippen molar-refractivity contribution in [3.63, 3.8) is 0 Å². The first-order valence-electron chi connectivity index (χ1n) is 12.2. The van der Waals surface area contributed by atoms with Crippen LogP contribution in [0.5, 0.6) is 0 Å². The number of halogens is 1. The molecule has 2 aliphatic rings. The molecule has 6 rings (SSSR count). The number of fused-ring (bicyclic) bond motifs is 2. The molecule has 4 aromatic rings. The summed E-state index contributed by atoms with van der Waals surface area (Å²) in [5.41, 5.74) is 11.3. The largest absolute Gasteiger partial charge is 0.394 e. The predicted octanol–water partition coefficient (Wildman–Crippen LogP) is -1.12. The molecule has 2 saturated heterocycles. The highest BCUT2D eigenvalue weighted by atomic mass is 32.5. The number of aliphatic hydroxyl groups is 2. The van der Waals surface area contributed by atoms with Crippen LogP contribution in [0.2, 0.25) is 0 Å². The Morgan fingerprint density at radius 3 is 2.83 bits per heavy atom. The zero-order valence-electron chi connectivity index (χ0n) is 20.9. The molecule has 2 aliphatic heterocycles. The van der Waals surface area contributed by atoms with Gasteiger partial charge in [0.2, 0.25) is 5.95 Å². The van der Waals surface area contributed by atoms with Gasteiger partial charge in [0.15, 0.2) is 23.6 Å². The minimum Gasteiger partial charge on any atom is -0.394 e. The van der Waals surface area contributed by atoms with Gasteiger partial charge in [-0.05, 0) is 17.9 Å². The average molecular weight is 614 g/mol. The van der Waals surface area contributed by atoms with E-state index >= 15 is 4.39 Å². The van der Waals surface area contributed by atoms with E-state index in [9.17, 15) is 19.9 Å². The average Bonchev–Trinajstić information content (AvgIpc) is 3.69. The molecule has 20 heteroatoms. The summed E-state index contributed by atoms with van der Waals surface area (Å²) in [6.45, 7) is -5.21. The van der Waals surface area contributed by atoms with Crippen LogP contribution in [0, 0.1) is 0 Å². The Balaban J connectivity index is 1.17. The van der Waals surface area contributed by atoms with Crippen LogP contribution in [0.3, 0.4) is 0 Å². The third-order valence-corrected chi connectivity index (χ3v) is 8.54. The molecule has 8 atom stereocenters. The Hall–Kier alpha value is -3.13. The second-order valence-electron chi connectivity index (χ2n) is 9.45. The van der Waals surface area contributed by atoms with E-state index < -0.39 is 61.7 Å². The number of ether oxygens (including phenoxy) is 2. The molecule has 41 heavy (non-hydrogen) atoms. The summed E-state index contributed by atoms with van der Waals surface area (Å²) in [5, 5.41) is 21.2. The Kier molecular flexibility index (Phi) is 7.25. The van der Waals surface area contributed by atoms with Gasteiger partial charge in [0.05, 0.1) is 37.6 Å². The van der Waals surface area contributed by atoms with Crippen LogP contribution in [-0.2, 0) is 30.3 Å². The highest BCUT2D eigenvalue weighted by molar-refractivity contribution is 8.07. The lowest BCUT2D eigenvalue weighted by Crippen LogP contribution is -2.33. The molecule has 17 nitrogen and oxygen atoms in total. The monoisotopic (exact) mass is 613 g/mol. The van der Waals surface area contributed by atoms with E-state index in [1.807, 2.05) is 0 Å². The van der Waals surface area contributed by atoms with E-state index in [-0.39, 0.29) is 30.3 Å². The number of nitrogens with one attached hydrogen (secondary N) is 1. The normalized spacial score (nSPS) is 29.9. The quantitative estimate of drug-likeness (QED) is 0.129. The maximum Gasteiger partial charge on any atom is 0.325 e. The summed E-state index contributed by atoms with van der Waals surface area (Å²) in [7, 11) is 0. The number of aliphatic hydroxyl groups excluding tert-OH is 2. The molecule has 6 heterocycles. The molecule has 4 aromatic heterocycles. The van der Waals surface area contributed by atoms with E-state index in [2.05, 4.69) is 24.9 Å². The van der Waals surface area contributed by atoms with E-state index in [0.717, 1.165) is 6.33 Å². The van der Waals surface area contributed by atoms with E-state index in [4.69, 9.17) is 41.8 Å². The van der Waals surface area contributed by atoms with Gasteiger partial charge in [0, 0.05) is 6.20 Å². The number of nitrogens with zero attached hydrogens (tertiary/aromatic N) is 6. The van der Waals surface area contributed by atoms with Crippen LogP contribution in [0.4, 0.5) is 16.2 Å². The second kappa shape index (κ2) is 10.6. The lowest BCUT2D eigenvalue weighted by Gasteiger charge is -2.26. The van der Waals surface area contributed by atoms with Gasteiger partial charge in [-0.1, -0.05) is 0 Å². The maximum absolute atomic E-state index is 15.3. The van der Waals surface area contributed by atoms with Gasteiger partial charge >= 0.3 is 6.72 Å². The number of nitrogen functional groups attached to an aromatic ring is 2. The topological polar surface area (TPSA) is 244 Å². The van der Waals surface area contributed by atoms with Crippen molar-refractivity contribution in [2.45, 2.75) is 42.9 Å². The van der Waals surface area contributed by atoms with Gasteiger partial charge in [-0.15, -0.1) is 0 Å². The first kappa shape index (κ1) is 28.0. The Labute approximate surface area is 234 Å². The van der Waals surface area contributed by atoms with Crippen LogP contribution in [0.25, 0.3) is 22.2 Å². The summed E-state index contributed by atoms with van der Waals surface area (Å²) in [6, 6.07) is 1.16. The van der Waals surface area contributed by atoms with Gasteiger partial charge < -0.3 is 45.1 Å². The van der Waals surface area contributed by atoms with Gasteiger partial charge in [-0.2, -0.15) is 4.98 Å². The number of nitrogens with two attached hydrogens (primary N) is 2. The molecule has 0 radical (unpaired) electrons. The predicted molar refractivity (Wildman–Crippen MR) is 143 cm³/mol. The molecule has 0 aliphatic carbocycles. The number of alkyl halides is 1. The van der Waals surface area contributed by atoms with Crippen LogP contribution in [0.15, 0.2) is 29.7 Å². The standard InChI is InChI=1S/C21H25FN9O8PS/c22-12-10(3-32)38-20(31-7-27-13-18(31)28-21(24)29-19(13)34)15(12)39-40(35,41)37-5-11-14(33)9(4-36-11)30-2-1-8-16(23)25-6-26-17(8)30/h1-2,6-7,9-12,14-15,20,32-33H,3-5H2,(H,35,41)(H2,23,25,26)(H3,24,28,29,34)/t9?,10-,11-,12-,14+,15-,20-,40?/m1/s1. The highest BCUT2D eigenvalue weighted by Gasteiger charge is 2.50. The molecule has 0 spiro atoms. The zero-order chi connectivity index (χ0) is 29.1. The van der Waals surface area contributed by atoms with Crippen molar-refractivity contribution in [3.8, 4) is 0 Å². The van der Waals surface area contributed by atoms with Crippen LogP contribution in [-0.4, -0.2) is 99.6 Å². The summed E-state index contributed by atoms with van der Waals surface area (Å²) in [6.07, 6.45) is -4.12. The zero-order valence-corrected chi connectivity index (χ0v) is 22.6. The number of imidazole rings is 1. The third kappa shape index (κ3) is 4.98. The van der Waals surface area contributed by atoms with Gasteiger partial charge in [0.1, 0.15) is 42.2 Å². The van der Waals surface area contributed by atoms with Crippen LogP contribution in [0.1, 0.15) is 12.3 Å². The second-order valence-corrected chi connectivity index (χ2v) is 12.2. The number of hydrogen-bond donors (Lipinski definition) is 6. The van der Waals surface area contributed by atoms with Crippen molar-refractivity contribution in [2.24, 2.45) is 0 Å². The number of aromatic nitrogens is 7. The highest BCUT2D eigenvalue weighted by Crippen LogP contribution is 2.50. The molecule has 0 amide bonds. The van der Waals surface area contributed by atoms with Crippen molar-refractivity contribution < 1.29 is 38.0 Å². The molecule has 8 N–H and O–H groups in total. The molecule has 2 fully saturated rings. The number of hydrogen-bond acceptors (Lipinski definition) is 14. The van der Waals surface area contributed by atoms with Crippen LogP contribution < -0.4 is 17.0 Å². The van der Waals surface area contributed by atoms with Gasteiger partial charge in [0.25, 0.3) is 5.56 Å². The summed E-state index contributed by atoms with van der Waals surface area (Å²) in [4.78, 5) is 41.5. The first-order chi connectivity index (χ1) is 19.6. The molecule has 0 aromatic carbocycles. The molecule has 0 bridgehead atoms. The number of anilines is 2. The Bertz CT molecular complexity index is 1700. The number of aromatic amines is 1.